The van der Waals surface area contributed by atoms with Gasteiger partial charge in [-0.3, -0.25) is 4.79 Å². The van der Waals surface area contributed by atoms with Gasteiger partial charge in [0.2, 0.25) is 0 Å². The van der Waals surface area contributed by atoms with E-state index >= 15 is 0 Å². The Kier molecular flexibility index (Phi) is 3.19. The van der Waals surface area contributed by atoms with Gasteiger partial charge < -0.3 is 5.11 Å². The number of hydrogen-bond acceptors (Lipinski definition) is 2. The van der Waals surface area contributed by atoms with E-state index in [2.05, 4.69) is 27.7 Å². The van der Waals surface area contributed by atoms with Gasteiger partial charge in [0, 0.05) is 6.61 Å². The van der Waals surface area contributed by atoms with Crippen LogP contribution in [0, 0.1) is 29.1 Å². The molecular formula is C15H24O2. The Hall–Kier alpha value is -0.630. The zero-order valence-electron chi connectivity index (χ0n) is 11.4. The lowest BCUT2D eigenvalue weighted by Crippen LogP contribution is -2.40. The van der Waals surface area contributed by atoms with E-state index in [-0.39, 0.29) is 23.9 Å². The topological polar surface area (TPSA) is 37.3 Å². The minimum absolute atomic E-state index is 0.0566. The molecule has 17 heavy (non-hydrogen) atoms. The van der Waals surface area contributed by atoms with Crippen LogP contribution in [0.2, 0.25) is 0 Å². The summed E-state index contributed by atoms with van der Waals surface area (Å²) in [7, 11) is 0. The van der Waals surface area contributed by atoms with E-state index in [0.29, 0.717) is 11.8 Å². The van der Waals surface area contributed by atoms with Crippen molar-refractivity contribution >= 4 is 6.29 Å². The lowest BCUT2D eigenvalue weighted by atomic mass is 9.60. The summed E-state index contributed by atoms with van der Waals surface area (Å²) in [4.78, 5) is 11.4. The quantitative estimate of drug-likeness (QED) is 0.765. The predicted molar refractivity (Wildman–Crippen MR) is 68.5 cm³/mol. The maximum atomic E-state index is 11.4. The van der Waals surface area contributed by atoms with Gasteiger partial charge in [-0.05, 0) is 54.4 Å². The van der Waals surface area contributed by atoms with Crippen molar-refractivity contribution in [2.75, 3.05) is 6.61 Å². The number of allylic oxidation sites excluding steroid dienone is 2. The highest BCUT2D eigenvalue weighted by Gasteiger charge is 2.54. The van der Waals surface area contributed by atoms with Crippen LogP contribution in [0.4, 0.5) is 0 Å². The molecule has 0 amide bonds. The van der Waals surface area contributed by atoms with Crippen LogP contribution in [0.5, 0.6) is 0 Å². The maximum absolute atomic E-state index is 11.4. The van der Waals surface area contributed by atoms with Crippen LogP contribution >= 0.6 is 0 Å². The summed E-state index contributed by atoms with van der Waals surface area (Å²) in [5.74, 6) is 1.68. The Morgan fingerprint density at radius 2 is 2.18 bits per heavy atom. The van der Waals surface area contributed by atoms with Crippen molar-refractivity contribution in [1.82, 2.24) is 0 Å². The Morgan fingerprint density at radius 1 is 1.53 bits per heavy atom. The molecule has 0 unspecified atom stereocenters. The van der Waals surface area contributed by atoms with Crippen molar-refractivity contribution in [1.29, 1.82) is 0 Å². The first-order chi connectivity index (χ1) is 7.97. The number of fused-ring (bicyclic) bond motifs is 2. The van der Waals surface area contributed by atoms with Gasteiger partial charge in [-0.25, -0.2) is 0 Å². The molecule has 0 aromatic rings. The summed E-state index contributed by atoms with van der Waals surface area (Å²) in [6.07, 6.45) is 3.35. The number of hydrogen-bond donors (Lipinski definition) is 1. The van der Waals surface area contributed by atoms with Crippen LogP contribution in [-0.4, -0.2) is 18.0 Å². The van der Waals surface area contributed by atoms with Gasteiger partial charge >= 0.3 is 0 Å². The van der Waals surface area contributed by atoms with Gasteiger partial charge in [-0.1, -0.05) is 26.3 Å². The van der Waals surface area contributed by atoms with Gasteiger partial charge in [-0.2, -0.15) is 0 Å². The molecule has 0 radical (unpaired) electrons. The second-order valence-corrected chi connectivity index (χ2v) is 6.38. The summed E-state index contributed by atoms with van der Waals surface area (Å²) in [5.41, 5.74) is 2.28. The molecule has 0 saturated heterocycles. The summed E-state index contributed by atoms with van der Waals surface area (Å²) in [6, 6.07) is 0. The van der Waals surface area contributed by atoms with Gasteiger partial charge in [-0.15, -0.1) is 0 Å². The van der Waals surface area contributed by atoms with Crippen molar-refractivity contribution in [2.24, 2.45) is 29.1 Å². The van der Waals surface area contributed by atoms with Crippen LogP contribution in [-0.2, 0) is 4.79 Å². The molecule has 4 atom stereocenters. The molecule has 0 aromatic carbocycles. The predicted octanol–water partition coefficient (Wildman–Crippen LogP) is 2.81. The lowest BCUT2D eigenvalue weighted by molar-refractivity contribution is -0.105. The fourth-order valence-corrected chi connectivity index (χ4v) is 4.25. The molecule has 2 nitrogen and oxygen atoms in total. The molecule has 2 bridgehead atoms. The van der Waals surface area contributed by atoms with Gasteiger partial charge in [0.15, 0.2) is 0 Å². The smallest absolute Gasteiger partial charge is 0.146 e. The molecular weight excluding hydrogens is 212 g/mol. The third-order valence-electron chi connectivity index (χ3n) is 5.54. The van der Waals surface area contributed by atoms with E-state index in [0.717, 1.165) is 18.3 Å². The highest BCUT2D eigenvalue weighted by atomic mass is 16.3. The molecule has 0 spiro atoms. The lowest BCUT2D eigenvalue weighted by Gasteiger charge is -2.45. The largest absolute Gasteiger partial charge is 0.396 e. The summed E-state index contributed by atoms with van der Waals surface area (Å²) >= 11 is 0. The summed E-state index contributed by atoms with van der Waals surface area (Å²) in [6.45, 7) is 8.99. The first kappa shape index (κ1) is 12.8. The van der Waals surface area contributed by atoms with E-state index in [1.54, 1.807) is 0 Å². The Morgan fingerprint density at radius 3 is 2.65 bits per heavy atom. The van der Waals surface area contributed by atoms with E-state index in [1.165, 1.54) is 12.0 Å². The molecule has 1 saturated carbocycles. The Bertz CT molecular complexity index is 356. The van der Waals surface area contributed by atoms with E-state index < -0.39 is 0 Å². The van der Waals surface area contributed by atoms with Crippen LogP contribution < -0.4 is 0 Å². The highest BCUT2D eigenvalue weighted by Crippen LogP contribution is 2.60. The minimum atomic E-state index is 0.0566. The van der Waals surface area contributed by atoms with Crippen LogP contribution in [0.1, 0.15) is 40.5 Å². The van der Waals surface area contributed by atoms with E-state index in [9.17, 15) is 9.90 Å². The molecule has 2 aliphatic carbocycles. The SMILES string of the molecule is CC1=C(C=O)[C@@H]2[C@@H](C(C)C)CC[C@@]1(C)[C@@H]2CO. The van der Waals surface area contributed by atoms with Gasteiger partial charge in [0.05, 0.1) is 0 Å². The minimum Gasteiger partial charge on any atom is -0.396 e. The number of rotatable bonds is 3. The van der Waals surface area contributed by atoms with Gasteiger partial charge in [0.25, 0.3) is 0 Å². The first-order valence-electron chi connectivity index (χ1n) is 6.74. The molecule has 2 aliphatic rings. The molecule has 0 aromatic heterocycles. The molecule has 0 aliphatic heterocycles. The number of aliphatic hydroxyl groups is 1. The van der Waals surface area contributed by atoms with Crippen LogP contribution in [0.15, 0.2) is 11.1 Å². The second-order valence-electron chi connectivity index (χ2n) is 6.38. The number of carbonyl (C=O) groups excluding carboxylic acids is 1. The van der Waals surface area contributed by atoms with Crippen molar-refractivity contribution in [3.05, 3.63) is 11.1 Å². The van der Waals surface area contributed by atoms with Crippen molar-refractivity contribution in [3.8, 4) is 0 Å². The standard InChI is InChI=1S/C15H24O2/c1-9(2)11-5-6-15(4)10(3)12(7-16)14(11)13(15)8-17/h7,9,11,13-14,17H,5-6,8H2,1-4H3/t11-,13-,14+,15-/m1/s1. The van der Waals surface area contributed by atoms with Crippen LogP contribution in [0.3, 0.4) is 0 Å². The maximum Gasteiger partial charge on any atom is 0.146 e. The number of carbonyl (C=O) groups is 1. The van der Waals surface area contributed by atoms with E-state index in [1.807, 2.05) is 0 Å². The van der Waals surface area contributed by atoms with Crippen molar-refractivity contribution < 1.29 is 9.90 Å². The molecule has 1 fully saturated rings. The van der Waals surface area contributed by atoms with Crippen molar-refractivity contribution in [3.63, 3.8) is 0 Å². The number of aldehydes is 1. The Balaban J connectivity index is 2.47. The third-order valence-corrected chi connectivity index (χ3v) is 5.54. The summed E-state index contributed by atoms with van der Waals surface area (Å²) in [5, 5.41) is 9.73. The average molecular weight is 236 g/mol. The number of aliphatic hydroxyl groups excluding tert-OH is 1. The molecule has 2 rings (SSSR count). The van der Waals surface area contributed by atoms with Crippen molar-refractivity contribution in [2.45, 2.75) is 40.5 Å². The molecule has 96 valence electrons. The monoisotopic (exact) mass is 236 g/mol. The Labute approximate surface area is 104 Å². The normalized spacial score (nSPS) is 41.2. The molecule has 2 heteroatoms. The second kappa shape index (κ2) is 4.24. The fraction of sp³-hybridized carbons (Fsp3) is 0.800. The average Bonchev–Trinajstić information content (AvgIpc) is 2.41. The van der Waals surface area contributed by atoms with Crippen LogP contribution in [0.25, 0.3) is 0 Å². The highest BCUT2D eigenvalue weighted by molar-refractivity contribution is 5.77. The zero-order chi connectivity index (χ0) is 12.8. The van der Waals surface area contributed by atoms with E-state index in [4.69, 9.17) is 0 Å². The first-order valence-corrected chi connectivity index (χ1v) is 6.74. The molecule has 1 N–H and O–H groups in total. The molecule has 0 heterocycles. The third kappa shape index (κ3) is 1.61. The zero-order valence-corrected chi connectivity index (χ0v) is 11.4. The fourth-order valence-electron chi connectivity index (χ4n) is 4.25. The summed E-state index contributed by atoms with van der Waals surface area (Å²) < 4.78 is 0. The van der Waals surface area contributed by atoms with Gasteiger partial charge in [0.1, 0.15) is 6.29 Å².